The number of carbonyl (C=O) groups excluding carboxylic acids is 1. The van der Waals surface area contributed by atoms with E-state index in [9.17, 15) is 4.79 Å². The summed E-state index contributed by atoms with van der Waals surface area (Å²) in [7, 11) is 0. The summed E-state index contributed by atoms with van der Waals surface area (Å²) in [6.45, 7) is 2.64. The molecular weight excluding hydrogens is 308 g/mol. The third-order valence-corrected chi connectivity index (χ3v) is 4.94. The number of likely N-dealkylation sites (tertiary alicyclic amines) is 1. The lowest BCUT2D eigenvalue weighted by atomic mass is 10.2. The lowest BCUT2D eigenvalue weighted by Crippen LogP contribution is -2.36. The summed E-state index contributed by atoms with van der Waals surface area (Å²) in [5, 5.41) is 2.99. The first-order valence-corrected chi connectivity index (χ1v) is 8.24. The molecule has 2 aromatic heterocycles. The molecule has 0 radical (unpaired) electrons. The summed E-state index contributed by atoms with van der Waals surface area (Å²) in [5.74, 6) is 0.823. The lowest BCUT2D eigenvalue weighted by Gasteiger charge is -2.25. The predicted octanol–water partition coefficient (Wildman–Crippen LogP) is 3.56. The highest BCUT2D eigenvalue weighted by Crippen LogP contribution is 2.25. The molecule has 0 spiro atoms. The number of thiophene rings is 1. The van der Waals surface area contributed by atoms with Crippen LogP contribution in [0.3, 0.4) is 0 Å². The molecule has 112 valence electrons. The second kappa shape index (κ2) is 6.64. The van der Waals surface area contributed by atoms with Crippen molar-refractivity contribution in [3.8, 4) is 0 Å². The molecule has 0 aromatic carbocycles. The first kappa shape index (κ1) is 14.6. The zero-order valence-electron chi connectivity index (χ0n) is 11.5. The van der Waals surface area contributed by atoms with Crippen molar-refractivity contribution in [2.75, 3.05) is 19.6 Å². The molecule has 1 atom stereocenters. The molecule has 4 nitrogen and oxygen atoms in total. The number of halogens is 1. The normalized spacial score (nSPS) is 17.0. The molecule has 2 aromatic rings. The van der Waals surface area contributed by atoms with E-state index in [4.69, 9.17) is 16.0 Å². The molecule has 1 saturated heterocycles. The van der Waals surface area contributed by atoms with E-state index in [1.165, 1.54) is 24.2 Å². The zero-order chi connectivity index (χ0) is 14.7. The minimum Gasteiger partial charge on any atom is -0.468 e. The Morgan fingerprint density at radius 3 is 2.81 bits per heavy atom. The molecule has 3 rings (SSSR count). The van der Waals surface area contributed by atoms with Gasteiger partial charge in [-0.2, -0.15) is 0 Å². The van der Waals surface area contributed by atoms with Crippen LogP contribution in [0.4, 0.5) is 0 Å². The SMILES string of the molecule is O=C(NC[C@H](c1ccco1)N1CCCC1)c1ccc(Cl)s1. The van der Waals surface area contributed by atoms with Gasteiger partial charge in [0.2, 0.25) is 0 Å². The van der Waals surface area contributed by atoms with Gasteiger partial charge < -0.3 is 9.73 Å². The van der Waals surface area contributed by atoms with Crippen LogP contribution in [0.5, 0.6) is 0 Å². The van der Waals surface area contributed by atoms with Crippen LogP contribution in [0.25, 0.3) is 0 Å². The fourth-order valence-electron chi connectivity index (χ4n) is 2.66. The van der Waals surface area contributed by atoms with Gasteiger partial charge in [-0.05, 0) is 50.2 Å². The summed E-state index contributed by atoms with van der Waals surface area (Å²) >= 11 is 7.16. The van der Waals surface area contributed by atoms with Crippen LogP contribution >= 0.6 is 22.9 Å². The maximum Gasteiger partial charge on any atom is 0.261 e. The van der Waals surface area contributed by atoms with E-state index < -0.39 is 0 Å². The number of nitrogens with one attached hydrogen (secondary N) is 1. The second-order valence-electron chi connectivity index (χ2n) is 5.09. The van der Waals surface area contributed by atoms with E-state index >= 15 is 0 Å². The highest BCUT2D eigenvalue weighted by atomic mass is 35.5. The van der Waals surface area contributed by atoms with Gasteiger partial charge in [-0.1, -0.05) is 11.6 Å². The van der Waals surface area contributed by atoms with Crippen LogP contribution in [0, 0.1) is 0 Å². The van der Waals surface area contributed by atoms with Gasteiger partial charge in [0.1, 0.15) is 5.76 Å². The molecule has 1 amide bonds. The molecule has 6 heteroatoms. The highest BCUT2D eigenvalue weighted by Gasteiger charge is 2.26. The quantitative estimate of drug-likeness (QED) is 0.914. The summed E-state index contributed by atoms with van der Waals surface area (Å²) in [4.78, 5) is 15.1. The summed E-state index contributed by atoms with van der Waals surface area (Å²) in [6, 6.07) is 7.45. The number of rotatable bonds is 5. The summed E-state index contributed by atoms with van der Waals surface area (Å²) < 4.78 is 6.17. The van der Waals surface area contributed by atoms with Crippen LogP contribution in [0.15, 0.2) is 34.9 Å². The smallest absolute Gasteiger partial charge is 0.261 e. The lowest BCUT2D eigenvalue weighted by molar-refractivity contribution is 0.0938. The first-order chi connectivity index (χ1) is 10.2. The largest absolute Gasteiger partial charge is 0.468 e. The molecule has 1 aliphatic rings. The van der Waals surface area contributed by atoms with E-state index in [2.05, 4.69) is 10.2 Å². The second-order valence-corrected chi connectivity index (χ2v) is 6.80. The Balaban J connectivity index is 1.66. The van der Waals surface area contributed by atoms with E-state index in [0.29, 0.717) is 15.8 Å². The van der Waals surface area contributed by atoms with Crippen LogP contribution < -0.4 is 5.32 Å². The topological polar surface area (TPSA) is 45.5 Å². The van der Waals surface area contributed by atoms with Crippen molar-refractivity contribution in [3.05, 3.63) is 45.5 Å². The number of amides is 1. The van der Waals surface area contributed by atoms with Crippen molar-refractivity contribution in [1.82, 2.24) is 10.2 Å². The molecule has 1 fully saturated rings. The van der Waals surface area contributed by atoms with Crippen molar-refractivity contribution >= 4 is 28.8 Å². The molecule has 21 heavy (non-hydrogen) atoms. The highest BCUT2D eigenvalue weighted by molar-refractivity contribution is 7.17. The molecule has 0 bridgehead atoms. The number of nitrogens with zero attached hydrogens (tertiary/aromatic N) is 1. The third kappa shape index (κ3) is 3.48. The zero-order valence-corrected chi connectivity index (χ0v) is 13.1. The maximum atomic E-state index is 12.1. The number of furan rings is 1. The van der Waals surface area contributed by atoms with Gasteiger partial charge in [-0.15, -0.1) is 11.3 Å². The molecular formula is C15H17ClN2O2S. The van der Waals surface area contributed by atoms with E-state index in [1.807, 2.05) is 12.1 Å². The Morgan fingerprint density at radius 1 is 1.38 bits per heavy atom. The van der Waals surface area contributed by atoms with Crippen molar-refractivity contribution in [2.45, 2.75) is 18.9 Å². The summed E-state index contributed by atoms with van der Waals surface area (Å²) in [5.41, 5.74) is 0. The Labute approximate surface area is 132 Å². The van der Waals surface area contributed by atoms with E-state index in [0.717, 1.165) is 18.8 Å². The van der Waals surface area contributed by atoms with Crippen molar-refractivity contribution < 1.29 is 9.21 Å². The third-order valence-electron chi connectivity index (χ3n) is 3.71. The molecule has 1 N–H and O–H groups in total. The van der Waals surface area contributed by atoms with Gasteiger partial charge in [0.05, 0.1) is 21.5 Å². The van der Waals surface area contributed by atoms with Gasteiger partial charge >= 0.3 is 0 Å². The Kier molecular flexibility index (Phi) is 4.63. The molecule has 0 aliphatic carbocycles. The van der Waals surface area contributed by atoms with Gasteiger partial charge in [0, 0.05) is 6.54 Å². The number of carbonyl (C=O) groups is 1. The maximum absolute atomic E-state index is 12.1. The fourth-order valence-corrected chi connectivity index (χ4v) is 3.62. The van der Waals surface area contributed by atoms with Crippen LogP contribution in [-0.2, 0) is 0 Å². The average Bonchev–Trinajstić information content (AvgIpc) is 3.21. The van der Waals surface area contributed by atoms with E-state index in [1.54, 1.807) is 18.4 Å². The van der Waals surface area contributed by atoms with Gasteiger partial charge in [0.25, 0.3) is 5.91 Å². The van der Waals surface area contributed by atoms with Gasteiger partial charge in [0.15, 0.2) is 0 Å². The Morgan fingerprint density at radius 2 is 2.19 bits per heavy atom. The standard InChI is InChI=1S/C15H17ClN2O2S/c16-14-6-5-13(21-14)15(19)17-10-11(12-4-3-9-20-12)18-7-1-2-8-18/h3-6,9,11H,1-2,7-8,10H2,(H,17,19)/t11-/m1/s1. The van der Waals surface area contributed by atoms with Crippen LogP contribution in [0.1, 0.15) is 34.3 Å². The molecule has 1 aliphatic heterocycles. The molecule has 3 heterocycles. The Hall–Kier alpha value is -1.30. The van der Waals surface area contributed by atoms with E-state index in [-0.39, 0.29) is 11.9 Å². The van der Waals surface area contributed by atoms with Gasteiger partial charge in [-0.3, -0.25) is 9.69 Å². The van der Waals surface area contributed by atoms with Crippen LogP contribution in [-0.4, -0.2) is 30.4 Å². The first-order valence-electron chi connectivity index (χ1n) is 7.05. The van der Waals surface area contributed by atoms with Crippen molar-refractivity contribution in [3.63, 3.8) is 0 Å². The number of hydrogen-bond donors (Lipinski definition) is 1. The fraction of sp³-hybridized carbons (Fsp3) is 0.400. The van der Waals surface area contributed by atoms with Gasteiger partial charge in [-0.25, -0.2) is 0 Å². The summed E-state index contributed by atoms with van der Waals surface area (Å²) in [6.07, 6.45) is 4.08. The average molecular weight is 325 g/mol. The molecule has 0 unspecified atom stereocenters. The monoisotopic (exact) mass is 324 g/mol. The predicted molar refractivity (Wildman–Crippen MR) is 83.9 cm³/mol. The van der Waals surface area contributed by atoms with Crippen LogP contribution in [0.2, 0.25) is 4.34 Å². The Bertz CT molecular complexity index is 591. The minimum absolute atomic E-state index is 0.0809. The minimum atomic E-state index is -0.0809. The van der Waals surface area contributed by atoms with Crippen molar-refractivity contribution in [1.29, 1.82) is 0 Å². The van der Waals surface area contributed by atoms with Crippen molar-refractivity contribution in [2.24, 2.45) is 0 Å². The number of hydrogen-bond acceptors (Lipinski definition) is 4. The molecule has 0 saturated carbocycles.